The van der Waals surface area contributed by atoms with Crippen molar-refractivity contribution in [3.8, 4) is 5.75 Å². The second-order valence-electron chi connectivity index (χ2n) is 10.8. The molecular weight excluding hydrogens is 536 g/mol. The van der Waals surface area contributed by atoms with E-state index in [9.17, 15) is 9.59 Å². The number of hydrogen-bond acceptors (Lipinski definition) is 7. The van der Waals surface area contributed by atoms with Gasteiger partial charge in [-0.15, -0.1) is 0 Å². The summed E-state index contributed by atoms with van der Waals surface area (Å²) in [5, 5.41) is 4.86. The van der Waals surface area contributed by atoms with E-state index in [-0.39, 0.29) is 24.3 Å². The average molecular weight is 581 g/mol. The zero-order valence-electron chi connectivity index (χ0n) is 24.9. The standard InChI is InChI=1S/C33H44N2O5S/c1-5-38-30(36)18-19-35(3)33(37)25-12-14-26(15-13-25)34-31(24-10-7-6-8-11-24)32-23(2)28-22-27(16-17-29(28)40-32)39-20-9-21-41-4/h12-17,22,24,31,34H,5-11,18-21H2,1-4H3. The summed E-state index contributed by atoms with van der Waals surface area (Å²) in [5.74, 6) is 2.99. The van der Waals surface area contributed by atoms with Crippen LogP contribution in [0.4, 0.5) is 5.69 Å². The summed E-state index contributed by atoms with van der Waals surface area (Å²) >= 11 is 1.83. The number of amides is 1. The fourth-order valence-electron chi connectivity index (χ4n) is 5.57. The predicted octanol–water partition coefficient (Wildman–Crippen LogP) is 7.63. The minimum absolute atomic E-state index is 0.0300. The molecule has 0 radical (unpaired) electrons. The van der Waals surface area contributed by atoms with Crippen LogP contribution in [0, 0.1) is 12.8 Å². The van der Waals surface area contributed by atoms with Gasteiger partial charge in [0.15, 0.2) is 0 Å². The van der Waals surface area contributed by atoms with Crippen LogP contribution in [0.2, 0.25) is 0 Å². The molecule has 1 unspecified atom stereocenters. The molecule has 1 aliphatic carbocycles. The Balaban J connectivity index is 1.50. The first-order valence-corrected chi connectivity index (χ1v) is 16.2. The molecule has 0 bridgehead atoms. The molecule has 1 fully saturated rings. The Labute approximate surface area is 248 Å². The van der Waals surface area contributed by atoms with Crippen LogP contribution in [0.5, 0.6) is 5.75 Å². The first kappa shape index (κ1) is 30.8. The van der Waals surface area contributed by atoms with E-state index in [1.54, 1.807) is 18.9 Å². The van der Waals surface area contributed by atoms with E-state index in [2.05, 4.69) is 24.6 Å². The number of furan rings is 1. The van der Waals surface area contributed by atoms with Gasteiger partial charge in [-0.2, -0.15) is 11.8 Å². The molecule has 7 nitrogen and oxygen atoms in total. The van der Waals surface area contributed by atoms with Crippen LogP contribution in [0.15, 0.2) is 46.9 Å². The molecule has 8 heteroatoms. The molecule has 0 aliphatic heterocycles. The number of thioether (sulfide) groups is 1. The molecule has 3 aromatic rings. The third kappa shape index (κ3) is 8.22. The summed E-state index contributed by atoms with van der Waals surface area (Å²) in [4.78, 5) is 26.2. The van der Waals surface area contributed by atoms with Crippen molar-refractivity contribution in [3.05, 3.63) is 59.4 Å². The average Bonchev–Trinajstić information content (AvgIpc) is 3.32. The number of aryl methyl sites for hydroxylation is 1. The van der Waals surface area contributed by atoms with E-state index in [1.807, 2.05) is 48.2 Å². The molecule has 1 amide bonds. The van der Waals surface area contributed by atoms with E-state index >= 15 is 0 Å². The zero-order chi connectivity index (χ0) is 29.2. The highest BCUT2D eigenvalue weighted by Crippen LogP contribution is 2.41. The first-order chi connectivity index (χ1) is 19.9. The molecule has 1 aromatic heterocycles. The predicted molar refractivity (Wildman–Crippen MR) is 167 cm³/mol. The van der Waals surface area contributed by atoms with E-state index < -0.39 is 0 Å². The van der Waals surface area contributed by atoms with Gasteiger partial charge < -0.3 is 24.1 Å². The maximum absolute atomic E-state index is 12.9. The summed E-state index contributed by atoms with van der Waals surface area (Å²) in [6.45, 7) is 5.29. The van der Waals surface area contributed by atoms with E-state index in [0.29, 0.717) is 31.2 Å². The molecule has 41 heavy (non-hydrogen) atoms. The third-order valence-electron chi connectivity index (χ3n) is 7.87. The number of hydrogen-bond donors (Lipinski definition) is 1. The number of benzene rings is 2. The number of esters is 1. The molecule has 4 rings (SSSR count). The van der Waals surface area contributed by atoms with Gasteiger partial charge in [0, 0.05) is 35.8 Å². The van der Waals surface area contributed by atoms with Crippen molar-refractivity contribution in [3.63, 3.8) is 0 Å². The first-order valence-electron chi connectivity index (χ1n) is 14.8. The lowest BCUT2D eigenvalue weighted by Crippen LogP contribution is -2.29. The van der Waals surface area contributed by atoms with E-state index in [1.165, 1.54) is 19.3 Å². The summed E-state index contributed by atoms with van der Waals surface area (Å²) in [6.07, 6.45) is 9.35. The van der Waals surface area contributed by atoms with Gasteiger partial charge in [-0.25, -0.2) is 0 Å². The Bertz CT molecular complexity index is 1280. The normalized spacial score (nSPS) is 14.5. The minimum atomic E-state index is -0.295. The van der Waals surface area contributed by atoms with Crippen molar-refractivity contribution in [1.82, 2.24) is 4.90 Å². The fraction of sp³-hybridized carbons (Fsp3) is 0.515. The second-order valence-corrected chi connectivity index (χ2v) is 11.8. The maximum atomic E-state index is 12.9. The summed E-state index contributed by atoms with van der Waals surface area (Å²) in [7, 11) is 1.71. The Morgan fingerprint density at radius 1 is 1.12 bits per heavy atom. The minimum Gasteiger partial charge on any atom is -0.494 e. The van der Waals surface area contributed by atoms with Crippen molar-refractivity contribution < 1.29 is 23.5 Å². The molecule has 1 N–H and O–H groups in total. The molecule has 1 atom stereocenters. The van der Waals surface area contributed by atoms with Gasteiger partial charge in [-0.3, -0.25) is 9.59 Å². The van der Waals surface area contributed by atoms with Crippen molar-refractivity contribution in [2.75, 3.05) is 44.1 Å². The van der Waals surface area contributed by atoms with Gasteiger partial charge in [0.1, 0.15) is 17.1 Å². The van der Waals surface area contributed by atoms with E-state index in [0.717, 1.165) is 58.7 Å². The van der Waals surface area contributed by atoms with Crippen LogP contribution in [0.25, 0.3) is 11.0 Å². The van der Waals surface area contributed by atoms with Crippen LogP contribution < -0.4 is 10.1 Å². The highest BCUT2D eigenvalue weighted by molar-refractivity contribution is 7.98. The molecule has 222 valence electrons. The SMILES string of the molecule is CCOC(=O)CCN(C)C(=O)c1ccc(NC(c2oc3ccc(OCCCSC)cc3c2C)C2CCCCC2)cc1. The van der Waals surface area contributed by atoms with Gasteiger partial charge in [-0.1, -0.05) is 19.3 Å². The van der Waals surface area contributed by atoms with Crippen LogP contribution >= 0.6 is 11.8 Å². The van der Waals surface area contributed by atoms with Gasteiger partial charge in [0.25, 0.3) is 5.91 Å². The molecular formula is C33H44N2O5S. The second kappa shape index (κ2) is 15.2. The van der Waals surface area contributed by atoms with Crippen molar-refractivity contribution >= 4 is 40.3 Å². The molecule has 1 saturated carbocycles. The van der Waals surface area contributed by atoms with Crippen LogP contribution in [-0.4, -0.2) is 55.6 Å². The Hall–Kier alpha value is -3.13. The Morgan fingerprint density at radius 3 is 2.59 bits per heavy atom. The molecule has 1 heterocycles. The Kier molecular flexibility index (Phi) is 11.4. The number of anilines is 1. The quantitative estimate of drug-likeness (QED) is 0.155. The lowest BCUT2D eigenvalue weighted by atomic mass is 9.82. The summed E-state index contributed by atoms with van der Waals surface area (Å²) in [5.41, 5.74) is 3.56. The van der Waals surface area contributed by atoms with Gasteiger partial charge in [0.2, 0.25) is 0 Å². The van der Waals surface area contributed by atoms with E-state index in [4.69, 9.17) is 13.9 Å². The number of nitrogens with zero attached hydrogens (tertiary/aromatic N) is 1. The molecule has 2 aromatic carbocycles. The number of rotatable bonds is 14. The number of ether oxygens (including phenoxy) is 2. The summed E-state index contributed by atoms with van der Waals surface area (Å²) in [6, 6.07) is 13.8. The van der Waals surface area contributed by atoms with Crippen molar-refractivity contribution in [1.29, 1.82) is 0 Å². The van der Waals surface area contributed by atoms with Gasteiger partial charge in [-0.05, 0) is 93.5 Å². The Morgan fingerprint density at radius 2 is 1.88 bits per heavy atom. The van der Waals surface area contributed by atoms with Crippen molar-refractivity contribution in [2.24, 2.45) is 5.92 Å². The molecule has 0 saturated heterocycles. The van der Waals surface area contributed by atoms with Crippen LogP contribution in [0.3, 0.4) is 0 Å². The summed E-state index contributed by atoms with van der Waals surface area (Å²) < 4.78 is 17.5. The highest BCUT2D eigenvalue weighted by atomic mass is 32.2. The fourth-order valence-corrected chi connectivity index (χ4v) is 5.97. The monoisotopic (exact) mass is 580 g/mol. The number of carbonyl (C=O) groups is 2. The number of fused-ring (bicyclic) bond motifs is 1. The largest absolute Gasteiger partial charge is 0.494 e. The molecule has 1 aliphatic rings. The maximum Gasteiger partial charge on any atom is 0.307 e. The highest BCUT2D eigenvalue weighted by Gasteiger charge is 2.30. The van der Waals surface area contributed by atoms with Crippen LogP contribution in [0.1, 0.15) is 79.6 Å². The lowest BCUT2D eigenvalue weighted by Gasteiger charge is -2.31. The third-order valence-corrected chi connectivity index (χ3v) is 8.56. The smallest absolute Gasteiger partial charge is 0.307 e. The lowest BCUT2D eigenvalue weighted by molar-refractivity contribution is -0.143. The number of nitrogens with one attached hydrogen (secondary N) is 1. The van der Waals surface area contributed by atoms with Gasteiger partial charge >= 0.3 is 5.97 Å². The molecule has 0 spiro atoms. The topological polar surface area (TPSA) is 81.0 Å². The van der Waals surface area contributed by atoms with Gasteiger partial charge in [0.05, 0.1) is 25.7 Å². The number of carbonyl (C=O) groups excluding carboxylic acids is 2. The zero-order valence-corrected chi connectivity index (χ0v) is 25.7. The van der Waals surface area contributed by atoms with Crippen LogP contribution in [-0.2, 0) is 9.53 Å². The van der Waals surface area contributed by atoms with Crippen molar-refractivity contribution in [2.45, 2.75) is 64.8 Å².